The number of amides is 1. The zero-order valence-corrected chi connectivity index (χ0v) is 17.1. The number of fused-ring (bicyclic) bond motifs is 5. The number of halogens is 2. The van der Waals surface area contributed by atoms with Crippen LogP contribution in [0.2, 0.25) is 5.02 Å². The summed E-state index contributed by atoms with van der Waals surface area (Å²) in [4.78, 5) is 16.0. The van der Waals surface area contributed by atoms with Gasteiger partial charge in [0.05, 0.1) is 23.2 Å². The van der Waals surface area contributed by atoms with Gasteiger partial charge in [0.1, 0.15) is 23.9 Å². The molecule has 1 amide bonds. The molecule has 0 radical (unpaired) electrons. The minimum atomic E-state index is -0.683. The molecule has 0 bridgehead atoms. The van der Waals surface area contributed by atoms with Crippen LogP contribution in [-0.4, -0.2) is 51.8 Å². The summed E-state index contributed by atoms with van der Waals surface area (Å²) < 4.78 is 20.8. The summed E-state index contributed by atoms with van der Waals surface area (Å²) in [5.41, 5.74) is 1.32. The Morgan fingerprint density at radius 3 is 2.90 bits per heavy atom. The van der Waals surface area contributed by atoms with Crippen molar-refractivity contribution >= 4 is 34.1 Å². The van der Waals surface area contributed by atoms with E-state index in [0.717, 1.165) is 0 Å². The fourth-order valence-corrected chi connectivity index (χ4v) is 4.58. The molecule has 5 rings (SSSR count). The van der Waals surface area contributed by atoms with Gasteiger partial charge in [0.15, 0.2) is 0 Å². The molecule has 2 aliphatic rings. The first-order valence-corrected chi connectivity index (χ1v) is 10.1. The van der Waals surface area contributed by atoms with Gasteiger partial charge in [-0.25, -0.2) is 4.39 Å². The van der Waals surface area contributed by atoms with E-state index >= 15 is 0 Å². The molecule has 0 aliphatic carbocycles. The average Bonchev–Trinajstić information content (AvgIpc) is 2.77. The van der Waals surface area contributed by atoms with E-state index in [-0.39, 0.29) is 36.4 Å². The third-order valence-corrected chi connectivity index (χ3v) is 5.97. The van der Waals surface area contributed by atoms with Crippen LogP contribution in [0.15, 0.2) is 49.1 Å². The summed E-state index contributed by atoms with van der Waals surface area (Å²) in [6.45, 7) is 4.29. The highest BCUT2D eigenvalue weighted by molar-refractivity contribution is 6.31. The zero-order chi connectivity index (χ0) is 21.7. The van der Waals surface area contributed by atoms with Crippen LogP contribution in [0.4, 0.5) is 10.1 Å². The largest absolute Gasteiger partial charge is 0.507 e. The molecule has 1 aromatic heterocycles. The van der Waals surface area contributed by atoms with Gasteiger partial charge in [-0.15, -0.1) is 10.2 Å². The van der Waals surface area contributed by atoms with Gasteiger partial charge in [-0.1, -0.05) is 24.2 Å². The highest BCUT2D eigenvalue weighted by Gasteiger charge is 2.44. The van der Waals surface area contributed by atoms with E-state index in [4.69, 9.17) is 16.3 Å². The average molecular weight is 441 g/mol. The van der Waals surface area contributed by atoms with Crippen LogP contribution in [0.5, 0.6) is 11.6 Å². The summed E-state index contributed by atoms with van der Waals surface area (Å²) in [6.07, 6.45) is 1.23. The first-order chi connectivity index (χ1) is 15.0. The minimum Gasteiger partial charge on any atom is -0.507 e. The van der Waals surface area contributed by atoms with Crippen molar-refractivity contribution < 1.29 is 19.0 Å². The number of nitrogens with zero attached hydrogens (tertiary/aromatic N) is 4. The second-order valence-electron chi connectivity index (χ2n) is 7.52. The lowest BCUT2D eigenvalue weighted by Gasteiger charge is -2.50. The van der Waals surface area contributed by atoms with Crippen LogP contribution in [0, 0.1) is 5.82 Å². The Labute approximate surface area is 182 Å². The molecule has 1 unspecified atom stereocenters. The molecule has 31 heavy (non-hydrogen) atoms. The van der Waals surface area contributed by atoms with Crippen LogP contribution in [0.3, 0.4) is 0 Å². The molecule has 7 nitrogen and oxygen atoms in total. The molecule has 3 aromatic rings. The van der Waals surface area contributed by atoms with Crippen molar-refractivity contribution in [2.24, 2.45) is 0 Å². The summed E-state index contributed by atoms with van der Waals surface area (Å²) in [7, 11) is 0. The number of phenolic OH excluding ortho intramolecular Hbond substituents is 1. The summed E-state index contributed by atoms with van der Waals surface area (Å²) >= 11 is 6.25. The summed E-state index contributed by atoms with van der Waals surface area (Å²) in [5, 5.41) is 20.2. The first-order valence-electron chi connectivity index (χ1n) is 9.73. The number of ether oxygens (including phenoxy) is 1. The van der Waals surface area contributed by atoms with Crippen LogP contribution >= 0.6 is 11.6 Å². The third kappa shape index (κ3) is 3.14. The lowest BCUT2D eigenvalue weighted by atomic mass is 9.95. The van der Waals surface area contributed by atoms with Crippen LogP contribution < -0.4 is 9.64 Å². The number of anilines is 1. The van der Waals surface area contributed by atoms with E-state index in [9.17, 15) is 14.3 Å². The Morgan fingerprint density at radius 2 is 2.13 bits per heavy atom. The second kappa shape index (κ2) is 7.39. The van der Waals surface area contributed by atoms with E-state index in [1.807, 2.05) is 4.90 Å². The van der Waals surface area contributed by atoms with Crippen molar-refractivity contribution in [3.8, 4) is 11.6 Å². The van der Waals surface area contributed by atoms with Crippen LogP contribution in [0.25, 0.3) is 10.9 Å². The van der Waals surface area contributed by atoms with Crippen molar-refractivity contribution in [1.29, 1.82) is 0 Å². The Bertz CT molecular complexity index is 1200. The van der Waals surface area contributed by atoms with Crippen molar-refractivity contribution in [1.82, 2.24) is 15.1 Å². The monoisotopic (exact) mass is 440 g/mol. The number of aromatic hydroxyl groups is 1. The molecular weight excluding hydrogens is 423 g/mol. The van der Waals surface area contributed by atoms with E-state index in [1.165, 1.54) is 24.3 Å². The molecule has 2 aliphatic heterocycles. The van der Waals surface area contributed by atoms with E-state index < -0.39 is 11.9 Å². The molecule has 0 spiro atoms. The fourth-order valence-electron chi connectivity index (χ4n) is 4.40. The Balaban J connectivity index is 1.74. The molecular formula is C22H18ClFN4O3. The number of piperazine rings is 1. The van der Waals surface area contributed by atoms with Crippen molar-refractivity contribution in [3.05, 3.63) is 65.5 Å². The van der Waals surface area contributed by atoms with Crippen molar-refractivity contribution in [2.75, 3.05) is 24.6 Å². The number of carbonyl (C=O) groups excluding carboxylic acids is 1. The SMILES string of the molecule is C=CC(=O)N1CC(c2c(O)cccc2F)N2c3c(nnc4ccc(Cl)cc34)OC[C@H]2C1. The molecule has 158 valence electrons. The molecule has 9 heteroatoms. The first kappa shape index (κ1) is 19.6. The molecule has 1 saturated heterocycles. The van der Waals surface area contributed by atoms with Gasteiger partial charge in [0.25, 0.3) is 5.88 Å². The number of benzene rings is 2. The summed E-state index contributed by atoms with van der Waals surface area (Å²) in [5.74, 6) is -0.717. The Morgan fingerprint density at radius 1 is 1.29 bits per heavy atom. The van der Waals surface area contributed by atoms with E-state index in [1.54, 1.807) is 23.1 Å². The number of carbonyl (C=O) groups is 1. The van der Waals surface area contributed by atoms with Gasteiger partial charge in [-0.2, -0.15) is 0 Å². The Hall–Kier alpha value is -3.39. The van der Waals surface area contributed by atoms with Gasteiger partial charge in [-0.05, 0) is 36.4 Å². The normalized spacial score (nSPS) is 20.1. The highest BCUT2D eigenvalue weighted by atomic mass is 35.5. The van der Waals surface area contributed by atoms with Gasteiger partial charge in [-0.3, -0.25) is 4.79 Å². The molecule has 0 saturated carbocycles. The maximum Gasteiger partial charge on any atom is 0.258 e. The molecule has 2 aromatic carbocycles. The fraction of sp³-hybridized carbons (Fsp3) is 0.227. The predicted molar refractivity (Wildman–Crippen MR) is 114 cm³/mol. The molecule has 1 N–H and O–H groups in total. The number of hydrogen-bond acceptors (Lipinski definition) is 6. The smallest absolute Gasteiger partial charge is 0.258 e. The maximum atomic E-state index is 15.0. The van der Waals surface area contributed by atoms with E-state index in [2.05, 4.69) is 16.8 Å². The minimum absolute atomic E-state index is 0.105. The number of hydrogen-bond donors (Lipinski definition) is 1. The quantitative estimate of drug-likeness (QED) is 0.615. The second-order valence-corrected chi connectivity index (χ2v) is 7.96. The third-order valence-electron chi connectivity index (χ3n) is 5.74. The van der Waals surface area contributed by atoms with Crippen molar-refractivity contribution in [2.45, 2.75) is 12.1 Å². The summed E-state index contributed by atoms with van der Waals surface area (Å²) in [6, 6.07) is 8.40. The topological polar surface area (TPSA) is 78.8 Å². The van der Waals surface area contributed by atoms with Crippen LogP contribution in [-0.2, 0) is 4.79 Å². The van der Waals surface area contributed by atoms with Crippen LogP contribution in [0.1, 0.15) is 11.6 Å². The number of phenols is 1. The predicted octanol–water partition coefficient (Wildman–Crippen LogP) is 3.46. The molecule has 1 fully saturated rings. The van der Waals surface area contributed by atoms with Gasteiger partial charge >= 0.3 is 0 Å². The van der Waals surface area contributed by atoms with E-state index in [0.29, 0.717) is 34.0 Å². The standard InChI is InChI=1S/C22H18ClFN4O3/c1-2-19(30)27-9-13-11-31-22-21(14-8-12(23)6-7-16(14)25-26-22)28(13)17(10-27)20-15(24)4-3-5-18(20)29/h2-8,13,17,29H,1,9-11H2/t13-,17?/m1/s1. The van der Waals surface area contributed by atoms with Gasteiger partial charge in [0, 0.05) is 23.5 Å². The maximum absolute atomic E-state index is 15.0. The number of rotatable bonds is 2. The zero-order valence-electron chi connectivity index (χ0n) is 16.3. The van der Waals surface area contributed by atoms with Gasteiger partial charge < -0.3 is 19.6 Å². The highest BCUT2D eigenvalue weighted by Crippen LogP contribution is 2.46. The lowest BCUT2D eigenvalue weighted by molar-refractivity contribution is -0.127. The molecule has 3 heterocycles. The lowest BCUT2D eigenvalue weighted by Crippen LogP contribution is -2.59. The molecule has 2 atom stereocenters. The number of aromatic nitrogens is 2. The van der Waals surface area contributed by atoms with Gasteiger partial charge in [0.2, 0.25) is 5.91 Å². The Kier molecular flexibility index (Phi) is 4.66. The van der Waals surface area contributed by atoms with Crippen molar-refractivity contribution in [3.63, 3.8) is 0 Å².